The van der Waals surface area contributed by atoms with Gasteiger partial charge >= 0.3 is 0 Å². The zero-order valence-corrected chi connectivity index (χ0v) is 26.7. The molecule has 42 heavy (non-hydrogen) atoms. The van der Waals surface area contributed by atoms with Crippen LogP contribution in [0.1, 0.15) is 128 Å². The third-order valence-corrected chi connectivity index (χ3v) is 7.96. The number of nitrogens with one attached hydrogen (secondary N) is 1. The molecule has 3 aromatic rings. The topological polar surface area (TPSA) is 42.2 Å². The first-order valence-electron chi connectivity index (χ1n) is 16.4. The number of carbonyl (C=O) groups excluding carboxylic acids is 1. The molecule has 0 fully saturated rings. The van der Waals surface area contributed by atoms with Crippen molar-refractivity contribution in [2.24, 2.45) is 0 Å². The maximum atomic E-state index is 13.5. The molecule has 0 aliphatic rings. The van der Waals surface area contributed by atoms with Gasteiger partial charge in [0.2, 0.25) is 0 Å². The molecule has 0 bridgehead atoms. The number of unbranched alkanes of at least 4 members (excludes halogenated alkanes) is 11. The van der Waals surface area contributed by atoms with Gasteiger partial charge in [-0.2, -0.15) is 0 Å². The van der Waals surface area contributed by atoms with E-state index in [1.54, 1.807) is 0 Å². The highest BCUT2D eigenvalue weighted by molar-refractivity contribution is 5.94. The zero-order valence-electron chi connectivity index (χ0n) is 26.7. The molecule has 4 heteroatoms. The molecule has 0 saturated heterocycles. The summed E-state index contributed by atoms with van der Waals surface area (Å²) in [6, 6.07) is 22.5. The second kappa shape index (κ2) is 18.5. The Hall–Kier alpha value is -2.98. The second-order valence-corrected chi connectivity index (χ2v) is 12.7. The fraction of sp³-hybridized carbons (Fsp3) is 0.526. The normalized spacial score (nSPS) is 12.3. The Bertz CT molecular complexity index is 1130. The highest BCUT2D eigenvalue weighted by atomic mass is 16.5. The number of pyridine rings is 1. The van der Waals surface area contributed by atoms with Crippen molar-refractivity contribution in [3.8, 4) is 0 Å². The van der Waals surface area contributed by atoms with E-state index >= 15 is 0 Å². The Morgan fingerprint density at radius 3 is 1.83 bits per heavy atom. The molecule has 0 aliphatic heterocycles. The molecular weight excluding hydrogens is 516 g/mol. The summed E-state index contributed by atoms with van der Waals surface area (Å²) in [5.41, 5.74) is 4.18. The number of aromatic nitrogens is 1. The third kappa shape index (κ3) is 12.5. The van der Waals surface area contributed by atoms with Crippen LogP contribution >= 0.6 is 0 Å². The van der Waals surface area contributed by atoms with Crippen molar-refractivity contribution in [2.75, 3.05) is 11.9 Å². The van der Waals surface area contributed by atoms with Crippen molar-refractivity contribution >= 4 is 11.6 Å². The van der Waals surface area contributed by atoms with Gasteiger partial charge in [0.25, 0.3) is 5.91 Å². The van der Waals surface area contributed by atoms with Crippen LogP contribution in [0.2, 0.25) is 0 Å². The second-order valence-electron chi connectivity index (χ2n) is 12.7. The van der Waals surface area contributed by atoms with Crippen molar-refractivity contribution in [3.05, 3.63) is 95.8 Å². The van der Waals surface area contributed by atoms with Gasteiger partial charge in [-0.1, -0.05) is 141 Å². The number of carbonyl (C=O) groups is 1. The molecule has 0 radical (unpaired) electrons. The third-order valence-electron chi connectivity index (χ3n) is 7.96. The summed E-state index contributed by atoms with van der Waals surface area (Å²) in [5, 5.41) is 3.10. The van der Waals surface area contributed by atoms with E-state index in [0.29, 0.717) is 6.61 Å². The van der Waals surface area contributed by atoms with Crippen molar-refractivity contribution in [1.82, 2.24) is 0 Å². The lowest BCUT2D eigenvalue weighted by Gasteiger charge is -2.22. The van der Waals surface area contributed by atoms with Gasteiger partial charge in [0.05, 0.1) is 0 Å². The maximum absolute atomic E-state index is 13.5. The summed E-state index contributed by atoms with van der Waals surface area (Å²) in [5.74, 6) is -0.123. The van der Waals surface area contributed by atoms with Gasteiger partial charge < -0.3 is 10.1 Å². The molecule has 1 amide bonds. The van der Waals surface area contributed by atoms with Crippen LogP contribution < -0.4 is 9.88 Å². The quantitative estimate of drug-likeness (QED) is 0.115. The van der Waals surface area contributed by atoms with Crippen molar-refractivity contribution < 1.29 is 14.1 Å². The van der Waals surface area contributed by atoms with Gasteiger partial charge in [0.1, 0.15) is 0 Å². The SMILES string of the molecule is CCCCCCCCCCCCCCOC(C(=O)Nc1ccc(C[n+]2ccccc2)cc1)c1ccc(C(C)(C)C)cc1. The summed E-state index contributed by atoms with van der Waals surface area (Å²) in [6.07, 6.45) is 19.1. The minimum Gasteiger partial charge on any atom is -0.364 e. The van der Waals surface area contributed by atoms with Crippen LogP contribution in [-0.4, -0.2) is 12.5 Å². The Labute approximate surface area is 255 Å². The summed E-state index contributed by atoms with van der Waals surface area (Å²) in [6.45, 7) is 10.3. The fourth-order valence-electron chi connectivity index (χ4n) is 5.28. The van der Waals surface area contributed by atoms with Crippen molar-refractivity contribution in [1.29, 1.82) is 0 Å². The van der Waals surface area contributed by atoms with E-state index in [9.17, 15) is 4.79 Å². The first-order chi connectivity index (χ1) is 20.4. The van der Waals surface area contributed by atoms with Crippen LogP contribution in [0.4, 0.5) is 5.69 Å². The average molecular weight is 572 g/mol. The highest BCUT2D eigenvalue weighted by Gasteiger charge is 2.23. The van der Waals surface area contributed by atoms with E-state index in [1.807, 2.05) is 42.5 Å². The Morgan fingerprint density at radius 2 is 1.29 bits per heavy atom. The molecule has 1 N–H and O–H groups in total. The molecule has 0 spiro atoms. The predicted octanol–water partition coefficient (Wildman–Crippen LogP) is 9.72. The molecule has 4 nitrogen and oxygen atoms in total. The number of nitrogens with zero attached hydrogens (tertiary/aromatic N) is 1. The number of amides is 1. The molecule has 1 aromatic heterocycles. The van der Waals surface area contributed by atoms with Crippen LogP contribution in [0.5, 0.6) is 0 Å². The number of rotatable bonds is 19. The first-order valence-corrected chi connectivity index (χ1v) is 16.4. The molecule has 0 saturated carbocycles. The molecule has 2 aromatic carbocycles. The standard InChI is InChI=1S/C38H54N2O2/c1-5-6-7-8-9-10-11-12-13-14-15-19-30-42-36(33-22-24-34(25-23-33)38(2,3)4)37(41)39-35-26-20-32(21-27-35)31-40-28-17-16-18-29-40/h16-18,20-29,36H,5-15,19,30-31H2,1-4H3/p+1. The molecular formula is C38H55N2O2+. The zero-order chi connectivity index (χ0) is 30.0. The van der Waals surface area contributed by atoms with Crippen LogP contribution in [0.25, 0.3) is 0 Å². The van der Waals surface area contributed by atoms with Gasteiger partial charge in [0, 0.05) is 30.0 Å². The first kappa shape index (κ1) is 33.5. The predicted molar refractivity (Wildman–Crippen MR) is 176 cm³/mol. The van der Waals surface area contributed by atoms with Gasteiger partial charge in [-0.15, -0.1) is 0 Å². The minimum atomic E-state index is -0.633. The van der Waals surface area contributed by atoms with Gasteiger partial charge in [-0.25, -0.2) is 4.57 Å². The number of benzene rings is 2. The number of hydrogen-bond donors (Lipinski definition) is 1. The summed E-state index contributed by atoms with van der Waals surface area (Å²) >= 11 is 0. The number of ether oxygens (including phenoxy) is 1. The molecule has 1 unspecified atom stereocenters. The molecule has 0 aliphatic carbocycles. The largest absolute Gasteiger partial charge is 0.364 e. The monoisotopic (exact) mass is 571 g/mol. The molecule has 1 atom stereocenters. The Kier molecular flexibility index (Phi) is 14.8. The van der Waals surface area contributed by atoms with Crippen LogP contribution in [0.15, 0.2) is 79.1 Å². The average Bonchev–Trinajstić information content (AvgIpc) is 2.98. The highest BCUT2D eigenvalue weighted by Crippen LogP contribution is 2.26. The summed E-state index contributed by atoms with van der Waals surface area (Å²) in [7, 11) is 0. The smallest absolute Gasteiger partial charge is 0.258 e. The molecule has 1 heterocycles. The lowest BCUT2D eigenvalue weighted by molar-refractivity contribution is -0.688. The number of hydrogen-bond acceptors (Lipinski definition) is 2. The van der Waals surface area contributed by atoms with Crippen molar-refractivity contribution in [2.45, 2.75) is 123 Å². The van der Waals surface area contributed by atoms with Gasteiger partial charge in [-0.3, -0.25) is 4.79 Å². The van der Waals surface area contributed by atoms with Crippen molar-refractivity contribution in [3.63, 3.8) is 0 Å². The molecule has 3 rings (SSSR count). The van der Waals surface area contributed by atoms with E-state index < -0.39 is 6.10 Å². The summed E-state index contributed by atoms with van der Waals surface area (Å²) < 4.78 is 8.40. The fourth-order valence-corrected chi connectivity index (χ4v) is 5.28. The Morgan fingerprint density at radius 1 is 0.738 bits per heavy atom. The minimum absolute atomic E-state index is 0.0615. The lowest BCUT2D eigenvalue weighted by atomic mass is 9.86. The lowest BCUT2D eigenvalue weighted by Crippen LogP contribution is -2.32. The van der Waals surface area contributed by atoms with Crippen LogP contribution in [-0.2, 0) is 21.5 Å². The van der Waals surface area contributed by atoms with E-state index in [0.717, 1.165) is 30.6 Å². The van der Waals surface area contributed by atoms with E-state index in [2.05, 4.69) is 74.2 Å². The van der Waals surface area contributed by atoms with Gasteiger partial charge in [0.15, 0.2) is 25.0 Å². The van der Waals surface area contributed by atoms with E-state index in [1.165, 1.54) is 75.3 Å². The maximum Gasteiger partial charge on any atom is 0.258 e. The van der Waals surface area contributed by atoms with Crippen LogP contribution in [0, 0.1) is 0 Å². The molecule has 228 valence electrons. The van der Waals surface area contributed by atoms with E-state index in [4.69, 9.17) is 4.74 Å². The summed E-state index contributed by atoms with van der Waals surface area (Å²) in [4.78, 5) is 13.5. The van der Waals surface area contributed by atoms with Gasteiger partial charge in [-0.05, 0) is 35.1 Å². The van der Waals surface area contributed by atoms with E-state index in [-0.39, 0.29) is 11.3 Å². The van der Waals surface area contributed by atoms with Crippen LogP contribution in [0.3, 0.4) is 0 Å². The number of anilines is 1. The Balaban J connectivity index is 1.48.